The van der Waals surface area contributed by atoms with E-state index in [1.807, 2.05) is 13.8 Å². The predicted molar refractivity (Wildman–Crippen MR) is 63.2 cm³/mol. The number of ether oxygens (including phenoxy) is 1. The van der Waals surface area contributed by atoms with Gasteiger partial charge in [0.05, 0.1) is 5.69 Å². The van der Waals surface area contributed by atoms with Crippen LogP contribution in [0.1, 0.15) is 24.2 Å². The Kier molecular flexibility index (Phi) is 2.99. The molecule has 5 nitrogen and oxygen atoms in total. The van der Waals surface area contributed by atoms with E-state index < -0.39 is 0 Å². The van der Waals surface area contributed by atoms with Gasteiger partial charge in [-0.15, -0.1) is 0 Å². The van der Waals surface area contributed by atoms with E-state index in [1.54, 1.807) is 18.2 Å². The van der Waals surface area contributed by atoms with Gasteiger partial charge < -0.3 is 15.4 Å². The molecule has 5 heteroatoms. The van der Waals surface area contributed by atoms with Gasteiger partial charge in [0.1, 0.15) is 5.75 Å². The molecule has 1 aromatic rings. The molecule has 2 N–H and O–H groups in total. The van der Waals surface area contributed by atoms with Gasteiger partial charge in [-0.05, 0) is 32.0 Å². The smallest absolute Gasteiger partial charge is 0.262 e. The number of carbonyl (C=O) groups is 2. The van der Waals surface area contributed by atoms with Crippen LogP contribution < -0.4 is 15.4 Å². The van der Waals surface area contributed by atoms with Gasteiger partial charge in [0.2, 0.25) is 0 Å². The zero-order chi connectivity index (χ0) is 12.4. The molecule has 90 valence electrons. The van der Waals surface area contributed by atoms with E-state index >= 15 is 0 Å². The molecule has 1 heterocycles. The average Bonchev–Trinajstić information content (AvgIpc) is 2.27. The van der Waals surface area contributed by atoms with Crippen molar-refractivity contribution in [1.29, 1.82) is 0 Å². The standard InChI is InChI=1S/C12H14N2O3/c1-7(2)13-12(16)8-3-4-10-9(5-8)14-11(15)6-17-10/h3-5,7H,6H2,1-2H3,(H,13,16)(H,14,15). The number of hydrogen-bond acceptors (Lipinski definition) is 3. The third-order valence-electron chi connectivity index (χ3n) is 2.29. The van der Waals surface area contributed by atoms with Crippen molar-refractivity contribution >= 4 is 17.5 Å². The third kappa shape index (κ3) is 2.55. The molecule has 0 aromatic heterocycles. The number of anilines is 1. The Bertz CT molecular complexity index is 469. The van der Waals surface area contributed by atoms with Gasteiger partial charge in [-0.3, -0.25) is 9.59 Å². The molecule has 0 saturated carbocycles. The molecule has 0 saturated heterocycles. The topological polar surface area (TPSA) is 67.4 Å². The lowest BCUT2D eigenvalue weighted by atomic mass is 10.1. The van der Waals surface area contributed by atoms with E-state index in [0.717, 1.165) is 0 Å². The Hall–Kier alpha value is -2.04. The highest BCUT2D eigenvalue weighted by Crippen LogP contribution is 2.28. The van der Waals surface area contributed by atoms with Gasteiger partial charge in [-0.1, -0.05) is 0 Å². The molecule has 1 aromatic carbocycles. The van der Waals surface area contributed by atoms with Crippen LogP contribution in [0, 0.1) is 0 Å². The zero-order valence-electron chi connectivity index (χ0n) is 9.74. The van der Waals surface area contributed by atoms with Gasteiger partial charge in [-0.2, -0.15) is 0 Å². The highest BCUT2D eigenvalue weighted by atomic mass is 16.5. The summed E-state index contributed by atoms with van der Waals surface area (Å²) >= 11 is 0. The molecule has 0 spiro atoms. The fourth-order valence-corrected chi connectivity index (χ4v) is 1.57. The molecule has 0 unspecified atom stereocenters. The summed E-state index contributed by atoms with van der Waals surface area (Å²) in [6.07, 6.45) is 0. The number of amides is 2. The van der Waals surface area contributed by atoms with Crippen LogP contribution in [0.25, 0.3) is 0 Å². The maximum Gasteiger partial charge on any atom is 0.262 e. The lowest BCUT2D eigenvalue weighted by Gasteiger charge is -2.18. The minimum absolute atomic E-state index is 0.0184. The summed E-state index contributed by atoms with van der Waals surface area (Å²) in [4.78, 5) is 22.9. The van der Waals surface area contributed by atoms with Gasteiger partial charge in [0, 0.05) is 11.6 Å². The maximum absolute atomic E-state index is 11.8. The zero-order valence-corrected chi connectivity index (χ0v) is 9.74. The SMILES string of the molecule is CC(C)NC(=O)c1ccc2c(c1)NC(=O)CO2. The number of nitrogens with one attached hydrogen (secondary N) is 2. The largest absolute Gasteiger partial charge is 0.482 e. The van der Waals surface area contributed by atoms with Crippen molar-refractivity contribution in [3.05, 3.63) is 23.8 Å². The first-order chi connectivity index (χ1) is 8.06. The van der Waals surface area contributed by atoms with Crippen molar-refractivity contribution in [3.8, 4) is 5.75 Å². The Morgan fingerprint density at radius 3 is 2.94 bits per heavy atom. The number of benzene rings is 1. The van der Waals surface area contributed by atoms with Gasteiger partial charge in [0.15, 0.2) is 6.61 Å². The lowest BCUT2D eigenvalue weighted by Crippen LogP contribution is -2.30. The van der Waals surface area contributed by atoms with Crippen molar-refractivity contribution in [2.24, 2.45) is 0 Å². The maximum atomic E-state index is 11.8. The summed E-state index contributed by atoms with van der Waals surface area (Å²) in [6, 6.07) is 5.05. The summed E-state index contributed by atoms with van der Waals surface area (Å²) in [6.45, 7) is 3.80. The van der Waals surface area contributed by atoms with Crippen LogP contribution in [0.3, 0.4) is 0 Å². The number of rotatable bonds is 2. The van der Waals surface area contributed by atoms with Crippen LogP contribution in [0.4, 0.5) is 5.69 Å². The minimum Gasteiger partial charge on any atom is -0.482 e. The monoisotopic (exact) mass is 234 g/mol. The molecule has 0 atom stereocenters. The lowest BCUT2D eigenvalue weighted by molar-refractivity contribution is -0.118. The number of fused-ring (bicyclic) bond motifs is 1. The quantitative estimate of drug-likeness (QED) is 0.806. The normalized spacial score (nSPS) is 13.7. The van der Waals surface area contributed by atoms with E-state index in [1.165, 1.54) is 0 Å². The van der Waals surface area contributed by atoms with E-state index in [-0.39, 0.29) is 24.5 Å². The Balaban J connectivity index is 2.23. The van der Waals surface area contributed by atoms with Gasteiger partial charge in [0.25, 0.3) is 11.8 Å². The van der Waals surface area contributed by atoms with E-state index in [9.17, 15) is 9.59 Å². The van der Waals surface area contributed by atoms with Gasteiger partial charge in [-0.25, -0.2) is 0 Å². The summed E-state index contributed by atoms with van der Waals surface area (Å²) < 4.78 is 5.21. The molecule has 1 aliphatic rings. The fourth-order valence-electron chi connectivity index (χ4n) is 1.57. The van der Waals surface area contributed by atoms with Crippen LogP contribution in [0.5, 0.6) is 5.75 Å². The Morgan fingerprint density at radius 1 is 1.47 bits per heavy atom. The van der Waals surface area contributed by atoms with Crippen LogP contribution in [0.15, 0.2) is 18.2 Å². The molecule has 0 bridgehead atoms. The molecule has 0 aliphatic carbocycles. The highest BCUT2D eigenvalue weighted by Gasteiger charge is 2.17. The van der Waals surface area contributed by atoms with E-state index in [4.69, 9.17) is 4.74 Å². The van der Waals surface area contributed by atoms with Crippen molar-refractivity contribution in [2.75, 3.05) is 11.9 Å². The van der Waals surface area contributed by atoms with Crippen molar-refractivity contribution in [3.63, 3.8) is 0 Å². The first kappa shape index (κ1) is 11.4. The molecule has 0 radical (unpaired) electrons. The van der Waals surface area contributed by atoms with Crippen LogP contribution in [-0.2, 0) is 4.79 Å². The van der Waals surface area contributed by atoms with E-state index in [2.05, 4.69) is 10.6 Å². The molecular weight excluding hydrogens is 220 g/mol. The van der Waals surface area contributed by atoms with Crippen molar-refractivity contribution in [2.45, 2.75) is 19.9 Å². The third-order valence-corrected chi connectivity index (χ3v) is 2.29. The number of carbonyl (C=O) groups excluding carboxylic acids is 2. The summed E-state index contributed by atoms with van der Waals surface area (Å²) in [7, 11) is 0. The van der Waals surface area contributed by atoms with Crippen molar-refractivity contribution in [1.82, 2.24) is 5.32 Å². The highest BCUT2D eigenvalue weighted by molar-refractivity contribution is 5.99. The second-order valence-corrected chi connectivity index (χ2v) is 4.18. The number of hydrogen-bond donors (Lipinski definition) is 2. The molecule has 0 fully saturated rings. The molecule has 17 heavy (non-hydrogen) atoms. The molecule has 2 rings (SSSR count). The predicted octanol–water partition coefficient (Wildman–Crippen LogP) is 1.16. The first-order valence-corrected chi connectivity index (χ1v) is 5.44. The van der Waals surface area contributed by atoms with Crippen LogP contribution in [-0.4, -0.2) is 24.5 Å². The first-order valence-electron chi connectivity index (χ1n) is 5.44. The van der Waals surface area contributed by atoms with E-state index in [0.29, 0.717) is 17.0 Å². The molecule has 1 aliphatic heterocycles. The summed E-state index contributed by atoms with van der Waals surface area (Å²) in [5.74, 6) is 0.215. The van der Waals surface area contributed by atoms with Crippen molar-refractivity contribution < 1.29 is 14.3 Å². The molecule has 2 amide bonds. The average molecular weight is 234 g/mol. The molecular formula is C12H14N2O3. The Labute approximate surface area is 99.2 Å². The fraction of sp³-hybridized carbons (Fsp3) is 0.333. The summed E-state index contributed by atoms with van der Waals surface area (Å²) in [5.41, 5.74) is 1.04. The van der Waals surface area contributed by atoms with Crippen LogP contribution >= 0.6 is 0 Å². The second-order valence-electron chi connectivity index (χ2n) is 4.18. The Morgan fingerprint density at radius 2 is 2.24 bits per heavy atom. The van der Waals surface area contributed by atoms with Gasteiger partial charge >= 0.3 is 0 Å². The minimum atomic E-state index is -0.209. The summed E-state index contributed by atoms with van der Waals surface area (Å²) in [5, 5.41) is 5.45. The van der Waals surface area contributed by atoms with Crippen LogP contribution in [0.2, 0.25) is 0 Å². The second kappa shape index (κ2) is 4.45.